The Labute approximate surface area is 201 Å². The largest absolute Gasteiger partial charge is 0.369 e. The second kappa shape index (κ2) is 12.0. The lowest BCUT2D eigenvalue weighted by atomic mass is 9.91. The molecule has 2 atom stereocenters. The van der Waals surface area contributed by atoms with Crippen LogP contribution in [0.25, 0.3) is 5.57 Å². The van der Waals surface area contributed by atoms with Crippen molar-refractivity contribution in [3.8, 4) is 0 Å². The molecule has 0 bridgehead atoms. The lowest BCUT2D eigenvalue weighted by molar-refractivity contribution is 0.0841. The zero-order valence-corrected chi connectivity index (χ0v) is 21.8. The molecule has 3 nitrogen and oxygen atoms in total. The van der Waals surface area contributed by atoms with Gasteiger partial charge in [0.15, 0.2) is 0 Å². The molecule has 1 fully saturated rings. The number of halogens is 1. The smallest absolute Gasteiger partial charge is 0.131 e. The van der Waals surface area contributed by atoms with Crippen LogP contribution >= 0.6 is 0 Å². The van der Waals surface area contributed by atoms with Crippen LogP contribution in [0.5, 0.6) is 0 Å². The van der Waals surface area contributed by atoms with Gasteiger partial charge in [-0.15, -0.1) is 0 Å². The number of hydrogen-bond acceptors (Lipinski definition) is 3. The average molecular weight is 452 g/mol. The van der Waals surface area contributed by atoms with Crippen molar-refractivity contribution in [1.82, 2.24) is 9.80 Å². The molecule has 180 valence electrons. The summed E-state index contributed by atoms with van der Waals surface area (Å²) in [5.41, 5.74) is 5.70. The Kier molecular flexibility index (Phi) is 9.70. The summed E-state index contributed by atoms with van der Waals surface area (Å²) in [7, 11) is 0. The van der Waals surface area contributed by atoms with Crippen molar-refractivity contribution in [1.29, 1.82) is 0 Å². The quantitative estimate of drug-likeness (QED) is 0.302. The highest BCUT2D eigenvalue weighted by Crippen LogP contribution is 2.33. The number of hydrogen-bond donors (Lipinski definition) is 0. The standard InChI is InChI=1S/C29H42FN3/c1-10-12-17-31-23(7)29(26(11-2)27-15-13-14-16-28(27)30)25(9)33-19-21(5)32(18-22(33)6)24(8)20(3)4/h11-17,20-22H,8,10,18-19H2,1-7,9H3/b17-12+,26-11-,29-25-,31-23+/t21?,22-/m0/s1. The van der Waals surface area contributed by atoms with Gasteiger partial charge in [-0.1, -0.05) is 57.7 Å². The molecule has 1 saturated heterocycles. The van der Waals surface area contributed by atoms with Gasteiger partial charge in [0.1, 0.15) is 5.82 Å². The summed E-state index contributed by atoms with van der Waals surface area (Å²) in [4.78, 5) is 9.63. The van der Waals surface area contributed by atoms with Gasteiger partial charge in [-0.3, -0.25) is 4.99 Å². The third-order valence-electron chi connectivity index (χ3n) is 6.51. The van der Waals surface area contributed by atoms with E-state index in [1.54, 1.807) is 6.07 Å². The highest BCUT2D eigenvalue weighted by Gasteiger charge is 2.32. The Bertz CT molecular complexity index is 951. The summed E-state index contributed by atoms with van der Waals surface area (Å²) in [5.74, 6) is 0.209. The number of aliphatic imine (C=N–C) groups is 1. The molecule has 1 aromatic carbocycles. The topological polar surface area (TPSA) is 18.8 Å². The van der Waals surface area contributed by atoms with Crippen LogP contribution in [0.1, 0.15) is 67.4 Å². The van der Waals surface area contributed by atoms with Crippen molar-refractivity contribution in [3.63, 3.8) is 0 Å². The molecule has 0 aliphatic carbocycles. The number of rotatable bonds is 8. The Hall–Kier alpha value is -2.62. The van der Waals surface area contributed by atoms with E-state index in [4.69, 9.17) is 4.99 Å². The third-order valence-corrected chi connectivity index (χ3v) is 6.51. The maximum Gasteiger partial charge on any atom is 0.131 e. The highest BCUT2D eigenvalue weighted by molar-refractivity contribution is 6.12. The van der Waals surface area contributed by atoms with Crippen LogP contribution in [0.15, 0.2) is 71.2 Å². The van der Waals surface area contributed by atoms with Crippen LogP contribution in [0, 0.1) is 11.7 Å². The molecular formula is C29H42FN3. The molecule has 1 aromatic rings. The molecule has 4 heteroatoms. The highest BCUT2D eigenvalue weighted by atomic mass is 19.1. The summed E-state index contributed by atoms with van der Waals surface area (Å²) in [6, 6.07) is 7.63. The van der Waals surface area contributed by atoms with Gasteiger partial charge in [-0.2, -0.15) is 0 Å². The Morgan fingerprint density at radius 2 is 1.76 bits per heavy atom. The van der Waals surface area contributed by atoms with E-state index in [9.17, 15) is 4.39 Å². The van der Waals surface area contributed by atoms with E-state index in [1.165, 1.54) is 11.8 Å². The molecule has 0 spiro atoms. The predicted octanol–water partition coefficient (Wildman–Crippen LogP) is 7.45. The molecule has 1 heterocycles. The minimum atomic E-state index is -0.215. The molecule has 2 rings (SSSR count). The van der Waals surface area contributed by atoms with Crippen molar-refractivity contribution in [2.75, 3.05) is 13.1 Å². The fourth-order valence-electron chi connectivity index (χ4n) is 4.57. The van der Waals surface area contributed by atoms with Gasteiger partial charge in [0, 0.05) is 59.6 Å². The van der Waals surface area contributed by atoms with Crippen LogP contribution < -0.4 is 0 Å². The summed E-state index contributed by atoms with van der Waals surface area (Å²) >= 11 is 0. The van der Waals surface area contributed by atoms with Crippen molar-refractivity contribution in [3.05, 3.63) is 77.5 Å². The van der Waals surface area contributed by atoms with Crippen molar-refractivity contribution in [2.24, 2.45) is 10.9 Å². The Morgan fingerprint density at radius 1 is 1.15 bits per heavy atom. The lowest BCUT2D eigenvalue weighted by Crippen LogP contribution is -2.55. The number of benzene rings is 1. The van der Waals surface area contributed by atoms with Crippen LogP contribution in [-0.2, 0) is 0 Å². The third kappa shape index (κ3) is 6.25. The van der Waals surface area contributed by atoms with Crippen LogP contribution in [0.3, 0.4) is 0 Å². The first-order valence-corrected chi connectivity index (χ1v) is 12.2. The fourth-order valence-corrected chi connectivity index (χ4v) is 4.57. The van der Waals surface area contributed by atoms with Gasteiger partial charge in [-0.05, 0) is 58.6 Å². The molecular weight excluding hydrogens is 409 g/mol. The summed E-state index contributed by atoms with van der Waals surface area (Å²) < 4.78 is 14.9. The van der Waals surface area contributed by atoms with E-state index in [-0.39, 0.29) is 5.82 Å². The first-order valence-electron chi connectivity index (χ1n) is 12.2. The summed E-state index contributed by atoms with van der Waals surface area (Å²) in [5, 5.41) is 0. The van der Waals surface area contributed by atoms with Crippen molar-refractivity contribution < 1.29 is 4.39 Å². The summed E-state index contributed by atoms with van der Waals surface area (Å²) in [6.45, 7) is 23.3. The Morgan fingerprint density at radius 3 is 2.33 bits per heavy atom. The fraction of sp³-hybridized carbons (Fsp3) is 0.483. The van der Waals surface area contributed by atoms with E-state index < -0.39 is 0 Å². The van der Waals surface area contributed by atoms with Gasteiger partial charge in [0.25, 0.3) is 0 Å². The number of piperazine rings is 1. The number of allylic oxidation sites excluding steroid dienone is 6. The first-order chi connectivity index (χ1) is 15.6. The SMILES string of the molecule is C=C(C(C)C)N1C[C@H](C)N(/C(C)=C(C(=C/C)\c2ccccc2F)/C(C)=N/C=C/CC)CC1C. The molecule has 0 saturated carbocycles. The predicted molar refractivity (Wildman–Crippen MR) is 142 cm³/mol. The lowest BCUT2D eigenvalue weighted by Gasteiger charge is -2.48. The molecule has 33 heavy (non-hydrogen) atoms. The maximum absolute atomic E-state index is 14.9. The minimum Gasteiger partial charge on any atom is -0.369 e. The molecule has 0 amide bonds. The monoisotopic (exact) mass is 451 g/mol. The van der Waals surface area contributed by atoms with Gasteiger partial charge in [-0.25, -0.2) is 4.39 Å². The second-order valence-corrected chi connectivity index (χ2v) is 9.30. The van der Waals surface area contributed by atoms with E-state index in [0.29, 0.717) is 23.6 Å². The van der Waals surface area contributed by atoms with E-state index in [2.05, 4.69) is 57.9 Å². The van der Waals surface area contributed by atoms with Gasteiger partial charge >= 0.3 is 0 Å². The van der Waals surface area contributed by atoms with Crippen molar-refractivity contribution >= 4 is 11.3 Å². The van der Waals surface area contributed by atoms with Crippen molar-refractivity contribution in [2.45, 2.75) is 73.9 Å². The average Bonchev–Trinajstić information content (AvgIpc) is 2.78. The van der Waals surface area contributed by atoms with E-state index in [1.807, 2.05) is 44.3 Å². The normalized spacial score (nSPS) is 21.2. The minimum absolute atomic E-state index is 0.215. The molecule has 1 aliphatic heterocycles. The first kappa shape index (κ1) is 26.6. The van der Waals surface area contributed by atoms with E-state index >= 15 is 0 Å². The van der Waals surface area contributed by atoms with Crippen LogP contribution in [0.2, 0.25) is 0 Å². The van der Waals surface area contributed by atoms with Gasteiger partial charge in [0.05, 0.1) is 0 Å². The Balaban J connectivity index is 2.59. The van der Waals surface area contributed by atoms with Crippen LogP contribution in [0.4, 0.5) is 4.39 Å². The van der Waals surface area contributed by atoms with E-state index in [0.717, 1.165) is 42.1 Å². The van der Waals surface area contributed by atoms with Crippen LogP contribution in [-0.4, -0.2) is 40.7 Å². The van der Waals surface area contributed by atoms with Gasteiger partial charge < -0.3 is 9.80 Å². The molecule has 0 N–H and O–H groups in total. The van der Waals surface area contributed by atoms with Gasteiger partial charge in [0.2, 0.25) is 0 Å². The second-order valence-electron chi connectivity index (χ2n) is 9.30. The molecule has 0 radical (unpaired) electrons. The maximum atomic E-state index is 14.9. The molecule has 1 aliphatic rings. The zero-order chi connectivity index (χ0) is 24.7. The summed E-state index contributed by atoms with van der Waals surface area (Å²) in [6.07, 6.45) is 6.82. The molecule has 1 unspecified atom stereocenters. The number of nitrogens with zero attached hydrogens (tertiary/aromatic N) is 3. The molecule has 0 aromatic heterocycles. The zero-order valence-electron chi connectivity index (χ0n) is 21.8.